The molecule has 1 aliphatic rings. The molecule has 200 valence electrons. The van der Waals surface area contributed by atoms with Gasteiger partial charge in [-0.25, -0.2) is 14.4 Å². The van der Waals surface area contributed by atoms with E-state index in [9.17, 15) is 19.2 Å². The van der Waals surface area contributed by atoms with Crippen molar-refractivity contribution in [3.63, 3.8) is 0 Å². The molecule has 0 aromatic heterocycles. The van der Waals surface area contributed by atoms with Crippen molar-refractivity contribution in [1.82, 2.24) is 5.32 Å². The highest BCUT2D eigenvalue weighted by molar-refractivity contribution is 6.42. The lowest BCUT2D eigenvalue weighted by Gasteiger charge is -2.30. The molecule has 0 amide bonds. The van der Waals surface area contributed by atoms with E-state index in [-0.39, 0.29) is 45.7 Å². The molecule has 0 spiro atoms. The number of methoxy groups -OCH3 is 1. The van der Waals surface area contributed by atoms with Crippen LogP contribution in [0.1, 0.15) is 42.6 Å². The smallest absolute Gasteiger partial charge is 0.342 e. The number of hydrogen-bond acceptors (Lipinski definition) is 9. The first-order chi connectivity index (χ1) is 18.1. The molecule has 0 radical (unpaired) electrons. The Balaban J connectivity index is 1.79. The van der Waals surface area contributed by atoms with Crippen LogP contribution in [0.5, 0.6) is 5.75 Å². The van der Waals surface area contributed by atoms with Crippen molar-refractivity contribution in [3.8, 4) is 5.75 Å². The normalized spacial score (nSPS) is 14.9. The minimum atomic E-state index is -0.930. The van der Waals surface area contributed by atoms with E-state index in [0.717, 1.165) is 0 Å². The Morgan fingerprint density at radius 3 is 2.08 bits per heavy atom. The van der Waals surface area contributed by atoms with Crippen molar-refractivity contribution in [3.05, 3.63) is 86.2 Å². The van der Waals surface area contributed by atoms with Gasteiger partial charge >= 0.3 is 23.9 Å². The molecule has 0 bridgehead atoms. The molecule has 11 heteroatoms. The van der Waals surface area contributed by atoms with Crippen LogP contribution < -0.4 is 10.1 Å². The number of carbonyl (C=O) groups is 4. The number of rotatable bonds is 8. The van der Waals surface area contributed by atoms with Crippen molar-refractivity contribution >= 4 is 47.1 Å². The molecular formula is C27H25Cl2NO8. The SMILES string of the molecule is COC(=O)C1=C(C)NC(C)=C(C(=O)OCCOC(=O)c2ccccc2OC(C)=O)C1c1cccc(Cl)c1Cl. The standard InChI is InChI=1S/C27H25Cl2NO8/c1-14-21(26(33)35-4)23(18-9-7-10-19(28)24(18)29)22(15(2)30-14)27(34)37-13-12-36-25(32)17-8-5-6-11-20(17)38-16(3)31/h5-11,23,30H,12-13H2,1-4H3. The Morgan fingerprint density at radius 1 is 0.842 bits per heavy atom. The number of ether oxygens (including phenoxy) is 4. The zero-order valence-corrected chi connectivity index (χ0v) is 22.6. The summed E-state index contributed by atoms with van der Waals surface area (Å²) in [7, 11) is 1.23. The monoisotopic (exact) mass is 561 g/mol. The maximum atomic E-state index is 13.3. The van der Waals surface area contributed by atoms with Gasteiger partial charge in [0.15, 0.2) is 0 Å². The fraction of sp³-hybridized carbons (Fsp3) is 0.259. The molecule has 2 aromatic rings. The van der Waals surface area contributed by atoms with E-state index in [1.54, 1.807) is 44.2 Å². The first-order valence-corrected chi connectivity index (χ1v) is 12.1. The number of allylic oxidation sites excluding steroid dienone is 2. The topological polar surface area (TPSA) is 117 Å². The average Bonchev–Trinajstić information content (AvgIpc) is 2.87. The van der Waals surface area contributed by atoms with Crippen LogP contribution in [0.25, 0.3) is 0 Å². The highest BCUT2D eigenvalue weighted by Gasteiger charge is 2.39. The van der Waals surface area contributed by atoms with Gasteiger partial charge < -0.3 is 24.3 Å². The van der Waals surface area contributed by atoms with Crippen LogP contribution in [0.4, 0.5) is 0 Å². The summed E-state index contributed by atoms with van der Waals surface area (Å²) in [6.45, 7) is 3.98. The highest BCUT2D eigenvalue weighted by atomic mass is 35.5. The van der Waals surface area contributed by atoms with Crippen molar-refractivity contribution in [2.45, 2.75) is 26.7 Å². The molecule has 1 aliphatic heterocycles. The number of para-hydroxylation sites is 1. The van der Waals surface area contributed by atoms with E-state index in [1.807, 2.05) is 0 Å². The van der Waals surface area contributed by atoms with Crippen LogP contribution in [-0.2, 0) is 28.6 Å². The number of carbonyl (C=O) groups excluding carboxylic acids is 4. The molecule has 1 atom stereocenters. The Morgan fingerprint density at radius 2 is 1.45 bits per heavy atom. The van der Waals surface area contributed by atoms with Gasteiger partial charge in [0.1, 0.15) is 24.5 Å². The number of dihydropyridines is 1. The molecule has 1 heterocycles. The van der Waals surface area contributed by atoms with E-state index < -0.39 is 29.8 Å². The lowest BCUT2D eigenvalue weighted by atomic mass is 9.80. The molecule has 0 saturated heterocycles. The van der Waals surface area contributed by atoms with E-state index in [1.165, 1.54) is 26.2 Å². The number of esters is 4. The molecule has 3 rings (SSSR count). The minimum Gasteiger partial charge on any atom is -0.466 e. The zero-order valence-electron chi connectivity index (χ0n) is 21.1. The molecule has 1 unspecified atom stereocenters. The Kier molecular flexibility index (Phi) is 9.55. The van der Waals surface area contributed by atoms with Gasteiger partial charge in [-0.1, -0.05) is 47.5 Å². The second kappa shape index (κ2) is 12.6. The van der Waals surface area contributed by atoms with Crippen LogP contribution in [-0.4, -0.2) is 44.2 Å². The van der Waals surface area contributed by atoms with Crippen LogP contribution in [0.3, 0.4) is 0 Å². The fourth-order valence-electron chi connectivity index (χ4n) is 4.00. The van der Waals surface area contributed by atoms with Gasteiger partial charge in [-0.3, -0.25) is 4.79 Å². The van der Waals surface area contributed by atoms with Crippen LogP contribution in [0.2, 0.25) is 10.0 Å². The third-order valence-electron chi connectivity index (χ3n) is 5.59. The van der Waals surface area contributed by atoms with E-state index in [2.05, 4.69) is 5.32 Å². The summed E-state index contributed by atoms with van der Waals surface area (Å²) in [5, 5.41) is 3.44. The first-order valence-electron chi connectivity index (χ1n) is 11.4. The Hall–Kier alpha value is -3.82. The third-order valence-corrected chi connectivity index (χ3v) is 6.42. The van der Waals surface area contributed by atoms with Gasteiger partial charge in [-0.05, 0) is 37.6 Å². The predicted molar refractivity (Wildman–Crippen MR) is 139 cm³/mol. The zero-order chi connectivity index (χ0) is 28.0. The van der Waals surface area contributed by atoms with Gasteiger partial charge in [0, 0.05) is 18.3 Å². The fourth-order valence-corrected chi connectivity index (χ4v) is 4.42. The molecule has 9 nitrogen and oxygen atoms in total. The molecule has 38 heavy (non-hydrogen) atoms. The van der Waals surface area contributed by atoms with E-state index in [4.69, 9.17) is 42.1 Å². The summed E-state index contributed by atoms with van der Waals surface area (Å²) in [4.78, 5) is 49.8. The predicted octanol–water partition coefficient (Wildman–Crippen LogP) is 4.73. The second-order valence-corrected chi connectivity index (χ2v) is 8.92. The van der Waals surface area contributed by atoms with Crippen molar-refractivity contribution in [2.24, 2.45) is 0 Å². The minimum absolute atomic E-state index is 0.0445. The summed E-state index contributed by atoms with van der Waals surface area (Å²) < 4.78 is 20.6. The third kappa shape index (κ3) is 6.35. The summed E-state index contributed by atoms with van der Waals surface area (Å²) in [5.74, 6) is -3.65. The van der Waals surface area contributed by atoms with Crippen LogP contribution >= 0.6 is 23.2 Å². The Labute approximate surface area is 229 Å². The number of benzene rings is 2. The molecule has 0 fully saturated rings. The molecule has 1 N–H and O–H groups in total. The van der Waals surface area contributed by atoms with Gasteiger partial charge in [0.25, 0.3) is 0 Å². The van der Waals surface area contributed by atoms with Gasteiger partial charge in [0.05, 0.1) is 34.2 Å². The number of nitrogens with one attached hydrogen (secondary N) is 1. The molecule has 2 aromatic carbocycles. The summed E-state index contributed by atoms with van der Waals surface area (Å²) in [5.41, 5.74) is 1.67. The molecule has 0 aliphatic carbocycles. The van der Waals surface area contributed by atoms with E-state index in [0.29, 0.717) is 17.0 Å². The quantitative estimate of drug-likeness (QED) is 0.211. The number of halogens is 2. The van der Waals surface area contributed by atoms with Crippen LogP contribution in [0.15, 0.2) is 65.0 Å². The maximum absolute atomic E-state index is 13.3. The maximum Gasteiger partial charge on any atom is 0.342 e. The number of hydrogen-bond donors (Lipinski definition) is 1. The molecular weight excluding hydrogens is 537 g/mol. The van der Waals surface area contributed by atoms with E-state index >= 15 is 0 Å². The summed E-state index contributed by atoms with van der Waals surface area (Å²) in [6, 6.07) is 11.0. The van der Waals surface area contributed by atoms with Crippen LogP contribution in [0, 0.1) is 0 Å². The van der Waals surface area contributed by atoms with Crippen molar-refractivity contribution in [1.29, 1.82) is 0 Å². The van der Waals surface area contributed by atoms with Crippen molar-refractivity contribution in [2.75, 3.05) is 20.3 Å². The van der Waals surface area contributed by atoms with Gasteiger partial charge in [0.2, 0.25) is 0 Å². The summed E-state index contributed by atoms with van der Waals surface area (Å²) >= 11 is 12.7. The highest BCUT2D eigenvalue weighted by Crippen LogP contribution is 2.43. The van der Waals surface area contributed by atoms with Gasteiger partial charge in [-0.15, -0.1) is 0 Å². The Bertz CT molecular complexity index is 1350. The van der Waals surface area contributed by atoms with Crippen molar-refractivity contribution < 1.29 is 38.1 Å². The lowest BCUT2D eigenvalue weighted by molar-refractivity contribution is -0.140. The average molecular weight is 562 g/mol. The largest absolute Gasteiger partial charge is 0.466 e. The second-order valence-electron chi connectivity index (χ2n) is 8.13. The first kappa shape index (κ1) is 28.7. The lowest BCUT2D eigenvalue weighted by Crippen LogP contribution is -2.32. The van der Waals surface area contributed by atoms with Gasteiger partial charge in [-0.2, -0.15) is 0 Å². The summed E-state index contributed by atoms with van der Waals surface area (Å²) in [6.07, 6.45) is 0. The molecule has 0 saturated carbocycles.